The first-order chi connectivity index (χ1) is 8.08. The number of rotatable bonds is 8. The van der Waals surface area contributed by atoms with E-state index in [1.165, 1.54) is 18.2 Å². The fourth-order valence-corrected chi connectivity index (χ4v) is 8.28. The van der Waals surface area contributed by atoms with Gasteiger partial charge in [0.05, 0.1) is 6.23 Å². The second-order valence-electron chi connectivity index (χ2n) is 6.80. The van der Waals surface area contributed by atoms with Crippen LogP contribution in [-0.4, -0.2) is 41.7 Å². The van der Waals surface area contributed by atoms with Crippen LogP contribution >= 0.6 is 11.2 Å². The predicted molar refractivity (Wildman–Crippen MR) is 89.6 cm³/mol. The number of methoxy groups -OCH3 is 1. The minimum atomic E-state index is -1.59. The van der Waals surface area contributed by atoms with Gasteiger partial charge in [0.2, 0.25) is 8.32 Å². The summed E-state index contributed by atoms with van der Waals surface area (Å²) in [4.78, 5) is 0. The predicted octanol–water partition coefficient (Wildman–Crippen LogP) is 4.52. The smallest absolute Gasteiger partial charge is 0.214 e. The zero-order chi connectivity index (χ0) is 14.4. The SMILES string of the molecule is COC[Si](C)(CCCS[Si](C)(C)C(C)(C)C)OC. The van der Waals surface area contributed by atoms with Crippen molar-refractivity contribution >= 4 is 26.8 Å². The van der Waals surface area contributed by atoms with Gasteiger partial charge in [0.15, 0.2) is 0 Å². The molecular formula is C13H32O2SSi2. The van der Waals surface area contributed by atoms with Crippen molar-refractivity contribution in [1.29, 1.82) is 0 Å². The van der Waals surface area contributed by atoms with E-state index in [0.29, 0.717) is 5.04 Å². The van der Waals surface area contributed by atoms with Crippen molar-refractivity contribution in [2.45, 2.75) is 57.9 Å². The van der Waals surface area contributed by atoms with E-state index in [2.05, 4.69) is 51.6 Å². The van der Waals surface area contributed by atoms with Gasteiger partial charge < -0.3 is 9.16 Å². The fourth-order valence-electron chi connectivity index (χ4n) is 1.53. The molecule has 2 nitrogen and oxygen atoms in total. The molecule has 0 heterocycles. The highest BCUT2D eigenvalue weighted by molar-refractivity contribution is 8.29. The minimum Gasteiger partial charge on any atom is -0.418 e. The Morgan fingerprint density at radius 1 is 1.06 bits per heavy atom. The monoisotopic (exact) mass is 308 g/mol. The standard InChI is InChI=1S/C13H32O2SSi2/c1-13(2,3)17(6,7)16-10-9-11-18(8,15-5)12-14-4/h9-12H2,1-8H3. The second-order valence-corrected chi connectivity index (χ2v) is 20.0. The van der Waals surface area contributed by atoms with Gasteiger partial charge in [0.1, 0.15) is 7.22 Å². The first-order valence-corrected chi connectivity index (χ1v) is 14.3. The highest BCUT2D eigenvalue weighted by Crippen LogP contribution is 2.43. The average molecular weight is 309 g/mol. The van der Waals surface area contributed by atoms with E-state index in [4.69, 9.17) is 9.16 Å². The third kappa shape index (κ3) is 6.23. The van der Waals surface area contributed by atoms with Crippen molar-refractivity contribution in [3.8, 4) is 0 Å². The molecule has 0 fully saturated rings. The Morgan fingerprint density at radius 2 is 1.61 bits per heavy atom. The van der Waals surface area contributed by atoms with Crippen molar-refractivity contribution < 1.29 is 9.16 Å². The van der Waals surface area contributed by atoms with Crippen LogP contribution in [0.4, 0.5) is 0 Å². The molecule has 0 aromatic carbocycles. The van der Waals surface area contributed by atoms with Crippen LogP contribution in [0.5, 0.6) is 0 Å². The molecule has 0 spiro atoms. The molecule has 0 aliphatic heterocycles. The summed E-state index contributed by atoms with van der Waals surface area (Å²) in [5.41, 5.74) is 0. The van der Waals surface area contributed by atoms with E-state index >= 15 is 0 Å². The summed E-state index contributed by atoms with van der Waals surface area (Å²) in [7, 11) is 0.856. The molecule has 0 saturated heterocycles. The molecule has 1 unspecified atom stereocenters. The highest BCUT2D eigenvalue weighted by atomic mass is 32.4. The summed E-state index contributed by atoms with van der Waals surface area (Å²) in [5, 5.41) is 0.478. The third-order valence-electron chi connectivity index (χ3n) is 4.06. The van der Waals surface area contributed by atoms with Crippen LogP contribution in [0.3, 0.4) is 0 Å². The zero-order valence-electron chi connectivity index (χ0n) is 13.6. The van der Waals surface area contributed by atoms with E-state index in [1.807, 2.05) is 7.11 Å². The molecule has 0 radical (unpaired) electrons. The Labute approximate surface area is 120 Å². The first-order valence-electron chi connectivity index (χ1n) is 6.76. The Balaban J connectivity index is 4.07. The van der Waals surface area contributed by atoms with Gasteiger partial charge in [-0.2, -0.15) is 11.2 Å². The lowest BCUT2D eigenvalue weighted by Crippen LogP contribution is -2.39. The van der Waals surface area contributed by atoms with Crippen LogP contribution < -0.4 is 0 Å². The van der Waals surface area contributed by atoms with E-state index in [1.54, 1.807) is 7.11 Å². The summed E-state index contributed by atoms with van der Waals surface area (Å²) in [5.74, 6) is 1.27. The molecule has 0 aromatic heterocycles. The number of ether oxygens (including phenoxy) is 1. The molecule has 0 N–H and O–H groups in total. The molecule has 0 rings (SSSR count). The van der Waals surface area contributed by atoms with E-state index in [0.717, 1.165) is 6.23 Å². The van der Waals surface area contributed by atoms with Gasteiger partial charge in [0, 0.05) is 14.2 Å². The molecule has 1 atom stereocenters. The Morgan fingerprint density at radius 3 is 2.00 bits per heavy atom. The van der Waals surface area contributed by atoms with Crippen molar-refractivity contribution in [2.24, 2.45) is 0 Å². The third-order valence-corrected chi connectivity index (χ3v) is 16.8. The summed E-state index contributed by atoms with van der Waals surface area (Å²) < 4.78 is 11.0. The molecule has 0 aromatic rings. The van der Waals surface area contributed by atoms with Crippen molar-refractivity contribution in [2.75, 3.05) is 26.2 Å². The maximum absolute atomic E-state index is 5.69. The molecular weight excluding hydrogens is 276 g/mol. The van der Waals surface area contributed by atoms with Crippen LogP contribution in [0.25, 0.3) is 0 Å². The summed E-state index contributed by atoms with van der Waals surface area (Å²) >= 11 is 2.22. The molecule has 5 heteroatoms. The van der Waals surface area contributed by atoms with E-state index in [9.17, 15) is 0 Å². The molecule has 110 valence electrons. The molecule has 0 aliphatic carbocycles. The summed E-state index contributed by atoms with van der Waals surface area (Å²) in [6, 6.07) is 1.21. The minimum absolute atomic E-state index is 0.478. The van der Waals surface area contributed by atoms with E-state index in [-0.39, 0.29) is 0 Å². The zero-order valence-corrected chi connectivity index (χ0v) is 16.4. The van der Waals surface area contributed by atoms with Crippen molar-refractivity contribution in [1.82, 2.24) is 0 Å². The molecule has 0 saturated carbocycles. The van der Waals surface area contributed by atoms with Gasteiger partial charge in [-0.25, -0.2) is 0 Å². The quantitative estimate of drug-likeness (QED) is 0.485. The first kappa shape index (κ1) is 18.7. The number of hydrogen-bond donors (Lipinski definition) is 0. The van der Waals surface area contributed by atoms with Gasteiger partial charge in [-0.05, 0) is 29.8 Å². The van der Waals surface area contributed by atoms with Gasteiger partial charge in [-0.15, -0.1) is 0 Å². The average Bonchev–Trinajstić information content (AvgIpc) is 2.23. The normalized spacial score (nSPS) is 16.7. The maximum Gasteiger partial charge on any atom is 0.214 e. The van der Waals surface area contributed by atoms with Crippen LogP contribution in [0, 0.1) is 0 Å². The summed E-state index contributed by atoms with van der Waals surface area (Å²) in [6.07, 6.45) is 2.07. The highest BCUT2D eigenvalue weighted by Gasteiger charge is 2.35. The molecule has 18 heavy (non-hydrogen) atoms. The largest absolute Gasteiger partial charge is 0.418 e. The lowest BCUT2D eigenvalue weighted by molar-refractivity contribution is 0.221. The van der Waals surface area contributed by atoms with E-state index < -0.39 is 15.5 Å². The molecule has 0 aliphatic rings. The Hall–Kier alpha value is 0.704. The van der Waals surface area contributed by atoms with Gasteiger partial charge in [-0.1, -0.05) is 33.9 Å². The molecule has 0 amide bonds. The van der Waals surface area contributed by atoms with Gasteiger partial charge in [-0.3, -0.25) is 0 Å². The maximum atomic E-state index is 5.69. The van der Waals surface area contributed by atoms with Gasteiger partial charge >= 0.3 is 0 Å². The van der Waals surface area contributed by atoms with Crippen molar-refractivity contribution in [3.05, 3.63) is 0 Å². The summed E-state index contributed by atoms with van der Waals surface area (Å²) in [6.45, 7) is 14.4. The van der Waals surface area contributed by atoms with Crippen LogP contribution in [0.1, 0.15) is 27.2 Å². The lowest BCUT2D eigenvalue weighted by Gasteiger charge is -2.36. The Bertz CT molecular complexity index is 242. The molecule has 0 bridgehead atoms. The fraction of sp³-hybridized carbons (Fsp3) is 1.00. The topological polar surface area (TPSA) is 18.5 Å². The Kier molecular flexibility index (Phi) is 7.77. The number of hydrogen-bond acceptors (Lipinski definition) is 3. The van der Waals surface area contributed by atoms with Crippen LogP contribution in [0.2, 0.25) is 30.7 Å². The van der Waals surface area contributed by atoms with Crippen molar-refractivity contribution in [3.63, 3.8) is 0 Å². The second kappa shape index (κ2) is 7.48. The van der Waals surface area contributed by atoms with Gasteiger partial charge in [0.25, 0.3) is 0 Å². The van der Waals surface area contributed by atoms with Crippen LogP contribution in [0.15, 0.2) is 0 Å². The lowest BCUT2D eigenvalue weighted by atomic mass is 10.2. The van der Waals surface area contributed by atoms with Crippen LogP contribution in [-0.2, 0) is 9.16 Å².